The third kappa shape index (κ3) is 10.6. The molecule has 1 unspecified atom stereocenters. The van der Waals surface area contributed by atoms with Crippen molar-refractivity contribution < 1.29 is 18.6 Å². The Hall–Kier alpha value is -8.30. The van der Waals surface area contributed by atoms with Crippen LogP contribution in [0.5, 0.6) is 0 Å². The summed E-state index contributed by atoms with van der Waals surface area (Å²) in [6, 6.07) is 7.03. The second kappa shape index (κ2) is 19.5. The number of aromatic nitrogens is 14. The quantitative estimate of drug-likeness (QED) is 0.0819. The molecule has 2 aliphatic rings. The smallest absolute Gasteiger partial charge is 0.293 e. The molecule has 0 aliphatic heterocycles. The summed E-state index contributed by atoms with van der Waals surface area (Å²) in [5.41, 5.74) is 7.07. The molecule has 0 fully saturated rings. The molecule has 2 amide bonds. The lowest BCUT2D eigenvalue weighted by Gasteiger charge is -2.26. The highest BCUT2D eigenvalue weighted by molar-refractivity contribution is 5.91. The molecule has 0 spiro atoms. The number of hydrogen-bond acceptors (Lipinski definition) is 18. The van der Waals surface area contributed by atoms with Crippen molar-refractivity contribution in [1.29, 1.82) is 0 Å². The van der Waals surface area contributed by atoms with Crippen LogP contribution in [0.1, 0.15) is 141 Å². The molecule has 8 heterocycles. The number of anilines is 4. The summed E-state index contributed by atoms with van der Waals surface area (Å²) < 4.78 is 14.7. The number of carbonyl (C=O) groups excluding carboxylic acids is 2. The van der Waals surface area contributed by atoms with Gasteiger partial charge >= 0.3 is 0 Å². The monoisotopic (exact) mass is 972 g/mol. The molecule has 0 saturated carbocycles. The fourth-order valence-electron chi connectivity index (χ4n) is 9.40. The molecule has 2 aliphatic carbocycles. The Labute approximate surface area is 414 Å². The summed E-state index contributed by atoms with van der Waals surface area (Å²) in [6.45, 7) is 9.93. The maximum absolute atomic E-state index is 13.9. The van der Waals surface area contributed by atoms with Gasteiger partial charge in [-0.3, -0.25) is 28.9 Å². The Morgan fingerprint density at radius 3 is 1.74 bits per heavy atom. The molecule has 22 nitrogen and oxygen atoms in total. The van der Waals surface area contributed by atoms with E-state index in [1.807, 2.05) is 91.7 Å². The molecule has 0 saturated heterocycles. The van der Waals surface area contributed by atoms with E-state index in [-0.39, 0.29) is 23.6 Å². The SMILES string of the molecule is Cn1cc(Nc2nccc(-c3cc4c(cn3)[C@@H](NC(=O)c3noc(C(C)(C)C)n3)CCC(CC(C)(C)c3nc(C(=O)N[C@@H]5CCCCc6cc(-c7ccnc(Nc8cnn(C)c8)n7)ncc65)no3)C4)n2)cn1. The van der Waals surface area contributed by atoms with Gasteiger partial charge in [0.05, 0.1) is 58.6 Å². The Balaban J connectivity index is 0.852. The highest BCUT2D eigenvalue weighted by atomic mass is 16.5. The Bertz CT molecular complexity index is 3260. The first kappa shape index (κ1) is 47.4. The van der Waals surface area contributed by atoms with E-state index in [1.54, 1.807) is 34.2 Å². The van der Waals surface area contributed by atoms with E-state index < -0.39 is 28.7 Å². The van der Waals surface area contributed by atoms with Crippen LogP contribution in [0, 0.1) is 5.92 Å². The summed E-state index contributed by atoms with van der Waals surface area (Å²) in [5, 5.41) is 29.4. The van der Waals surface area contributed by atoms with Crippen molar-refractivity contribution in [3.8, 4) is 22.8 Å². The lowest BCUT2D eigenvalue weighted by Crippen LogP contribution is -2.30. The highest BCUT2D eigenvalue weighted by Crippen LogP contribution is 2.40. The van der Waals surface area contributed by atoms with Crippen molar-refractivity contribution in [2.45, 2.75) is 109 Å². The summed E-state index contributed by atoms with van der Waals surface area (Å²) in [6.07, 6.45) is 20.2. The predicted molar refractivity (Wildman–Crippen MR) is 263 cm³/mol. The van der Waals surface area contributed by atoms with Crippen LogP contribution in [0.25, 0.3) is 22.8 Å². The lowest BCUT2D eigenvalue weighted by atomic mass is 9.79. The first-order valence-corrected chi connectivity index (χ1v) is 24.1. The first-order valence-electron chi connectivity index (χ1n) is 24.1. The molecule has 0 aromatic carbocycles. The molecule has 22 heteroatoms. The van der Waals surface area contributed by atoms with Gasteiger partial charge in [-0.1, -0.05) is 51.4 Å². The van der Waals surface area contributed by atoms with Crippen LogP contribution >= 0.6 is 0 Å². The van der Waals surface area contributed by atoms with E-state index in [1.165, 1.54) is 0 Å². The molecular weight excluding hydrogens is 917 g/mol. The van der Waals surface area contributed by atoms with Gasteiger partial charge in [-0.15, -0.1) is 0 Å². The fourth-order valence-corrected chi connectivity index (χ4v) is 9.40. The van der Waals surface area contributed by atoms with Gasteiger partial charge in [0.2, 0.25) is 23.7 Å². The second-order valence-corrected chi connectivity index (χ2v) is 20.3. The number of amides is 2. The van der Waals surface area contributed by atoms with Crippen LogP contribution in [-0.4, -0.2) is 81.6 Å². The minimum absolute atomic E-state index is 0.0313. The Morgan fingerprint density at radius 2 is 1.18 bits per heavy atom. The van der Waals surface area contributed by atoms with E-state index in [2.05, 4.69) is 62.8 Å². The normalized spacial score (nSPS) is 17.0. The van der Waals surface area contributed by atoms with Gasteiger partial charge in [0, 0.05) is 62.1 Å². The van der Waals surface area contributed by atoms with Gasteiger partial charge in [-0.2, -0.15) is 20.2 Å². The van der Waals surface area contributed by atoms with Gasteiger partial charge in [-0.05, 0) is 97.4 Å². The molecule has 3 atom stereocenters. The molecular formula is C50H56N18O4. The summed E-state index contributed by atoms with van der Waals surface area (Å²) >= 11 is 0. The number of nitrogens with zero attached hydrogens (tertiary/aromatic N) is 14. The third-order valence-electron chi connectivity index (χ3n) is 13.0. The van der Waals surface area contributed by atoms with E-state index in [0.717, 1.165) is 65.7 Å². The largest absolute Gasteiger partial charge is 0.342 e. The Morgan fingerprint density at radius 1 is 0.639 bits per heavy atom. The topological polar surface area (TPSA) is 273 Å². The van der Waals surface area contributed by atoms with Crippen molar-refractivity contribution in [2.75, 3.05) is 10.6 Å². The zero-order valence-electron chi connectivity index (χ0n) is 41.2. The Kier molecular flexibility index (Phi) is 12.8. The zero-order chi connectivity index (χ0) is 50.1. The van der Waals surface area contributed by atoms with Crippen LogP contribution in [0.15, 0.2) is 82.9 Å². The maximum atomic E-state index is 13.9. The zero-order valence-corrected chi connectivity index (χ0v) is 41.2. The lowest BCUT2D eigenvalue weighted by molar-refractivity contribution is 0.0912. The van der Waals surface area contributed by atoms with Gasteiger partial charge in [0.1, 0.15) is 0 Å². The van der Waals surface area contributed by atoms with Crippen molar-refractivity contribution in [2.24, 2.45) is 20.0 Å². The second-order valence-electron chi connectivity index (χ2n) is 20.3. The number of rotatable bonds is 13. The number of nitrogens with one attached hydrogen (secondary N) is 4. The summed E-state index contributed by atoms with van der Waals surface area (Å²) in [7, 11) is 3.68. The molecule has 4 N–H and O–H groups in total. The predicted octanol–water partition coefficient (Wildman–Crippen LogP) is 7.40. The van der Waals surface area contributed by atoms with Crippen LogP contribution in [-0.2, 0) is 37.8 Å². The van der Waals surface area contributed by atoms with Gasteiger partial charge in [-0.25, -0.2) is 19.9 Å². The third-order valence-corrected chi connectivity index (χ3v) is 13.0. The van der Waals surface area contributed by atoms with Crippen molar-refractivity contribution in [3.05, 3.63) is 120 Å². The van der Waals surface area contributed by atoms with Gasteiger partial charge in [0.25, 0.3) is 23.5 Å². The summed E-state index contributed by atoms with van der Waals surface area (Å²) in [5.74, 6) is 0.731. The summed E-state index contributed by atoms with van der Waals surface area (Å²) in [4.78, 5) is 64.7. The number of hydrogen-bond donors (Lipinski definition) is 4. The number of fused-ring (bicyclic) bond motifs is 2. The highest BCUT2D eigenvalue weighted by Gasteiger charge is 2.36. The molecule has 8 aromatic rings. The number of carbonyl (C=O) groups is 2. The van der Waals surface area contributed by atoms with E-state index in [9.17, 15) is 9.59 Å². The fraction of sp³-hybridized carbons (Fsp3) is 0.400. The molecule has 72 heavy (non-hydrogen) atoms. The minimum Gasteiger partial charge on any atom is -0.342 e. The molecule has 0 radical (unpaired) electrons. The van der Waals surface area contributed by atoms with Crippen LogP contribution in [0.3, 0.4) is 0 Å². The van der Waals surface area contributed by atoms with E-state index in [4.69, 9.17) is 34.0 Å². The van der Waals surface area contributed by atoms with E-state index >= 15 is 0 Å². The molecule has 0 bridgehead atoms. The van der Waals surface area contributed by atoms with Crippen LogP contribution in [0.2, 0.25) is 0 Å². The number of aryl methyl sites for hydroxylation is 3. The van der Waals surface area contributed by atoms with Gasteiger partial charge < -0.3 is 30.3 Å². The molecule has 370 valence electrons. The van der Waals surface area contributed by atoms with E-state index in [0.29, 0.717) is 65.7 Å². The van der Waals surface area contributed by atoms with Crippen molar-refractivity contribution >= 4 is 35.1 Å². The van der Waals surface area contributed by atoms with Crippen LogP contribution < -0.4 is 21.3 Å². The van der Waals surface area contributed by atoms with Gasteiger partial charge in [0.15, 0.2) is 0 Å². The van der Waals surface area contributed by atoms with Crippen molar-refractivity contribution in [1.82, 2.24) is 80.4 Å². The van der Waals surface area contributed by atoms with Crippen LogP contribution in [0.4, 0.5) is 23.3 Å². The van der Waals surface area contributed by atoms with Crippen molar-refractivity contribution in [3.63, 3.8) is 0 Å². The average molecular weight is 973 g/mol. The number of pyridine rings is 2. The molecule has 8 aromatic heterocycles. The average Bonchev–Trinajstić information content (AvgIpc) is 4.18. The first-order chi connectivity index (χ1) is 34.6. The maximum Gasteiger partial charge on any atom is 0.293 e. The minimum atomic E-state index is -0.633. The molecule has 10 rings (SSSR count). The standard InChI is InChI=1S/C50H56N18O4/c1-49(2,3)45-63-41(65-71-45)43(69)60-36-13-12-28(18-30-20-40(54-25-34(30)36)38-15-17-52-48(62-38)58-32-23-56-68(7)27-32)21-50(4,5)46-64-42(66-72-46)44(70)59-35-11-9-8-10-29-19-39(53-24-33(29)35)37-14-16-51-47(61-37)57-31-22-55-67(6)26-31/h14-17,19-20,22-28,35-36H,8-13,18,21H2,1-7H3,(H,59,70)(H,60,69)(H,51,57,61)(H,52,58,62)/t28?,35-,36+/m1/s1.